The second kappa shape index (κ2) is 5.46. The van der Waals surface area contributed by atoms with Crippen LogP contribution in [0.15, 0.2) is 22.7 Å². The van der Waals surface area contributed by atoms with Crippen molar-refractivity contribution in [3.63, 3.8) is 0 Å². The maximum Gasteiger partial charge on any atom is 0.339 e. The van der Waals surface area contributed by atoms with E-state index in [-0.39, 0.29) is 0 Å². The van der Waals surface area contributed by atoms with Gasteiger partial charge in [0.05, 0.1) is 7.11 Å². The number of benzene rings is 1. The molecule has 88 valence electrons. The van der Waals surface area contributed by atoms with Gasteiger partial charge in [-0.3, -0.25) is 0 Å². The maximum atomic E-state index is 11.2. The molecule has 4 heteroatoms. The summed E-state index contributed by atoms with van der Waals surface area (Å²) < 4.78 is 5.37. The zero-order chi connectivity index (χ0) is 12.3. The molecule has 1 N–H and O–H groups in total. The quantitative estimate of drug-likeness (QED) is 0.869. The monoisotopic (exact) mass is 286 g/mol. The summed E-state index contributed by atoms with van der Waals surface area (Å²) in [6.07, 6.45) is -1.22. The number of esters is 1. The molecule has 0 heterocycles. The van der Waals surface area contributed by atoms with Crippen molar-refractivity contribution < 1.29 is 14.6 Å². The molecule has 1 unspecified atom stereocenters. The van der Waals surface area contributed by atoms with Crippen LogP contribution in [0, 0.1) is 0 Å². The van der Waals surface area contributed by atoms with Gasteiger partial charge < -0.3 is 9.84 Å². The third kappa shape index (κ3) is 2.83. The van der Waals surface area contributed by atoms with Crippen molar-refractivity contribution in [3.05, 3.63) is 33.8 Å². The van der Waals surface area contributed by atoms with Gasteiger partial charge >= 0.3 is 5.97 Å². The van der Waals surface area contributed by atoms with Crippen LogP contribution in [-0.2, 0) is 9.53 Å². The van der Waals surface area contributed by atoms with Crippen molar-refractivity contribution in [2.45, 2.75) is 25.9 Å². The van der Waals surface area contributed by atoms with Crippen LogP contribution < -0.4 is 0 Å². The molecule has 0 fully saturated rings. The number of hydrogen-bond acceptors (Lipinski definition) is 3. The number of methoxy groups -OCH3 is 1. The van der Waals surface area contributed by atoms with Crippen LogP contribution in [0.4, 0.5) is 0 Å². The molecule has 0 radical (unpaired) electrons. The van der Waals surface area contributed by atoms with Crippen molar-refractivity contribution in [2.24, 2.45) is 0 Å². The number of hydrogen-bond donors (Lipinski definition) is 1. The highest BCUT2D eigenvalue weighted by atomic mass is 79.9. The fourth-order valence-electron chi connectivity index (χ4n) is 1.43. The lowest BCUT2D eigenvalue weighted by molar-refractivity contribution is -0.150. The van der Waals surface area contributed by atoms with Gasteiger partial charge in [-0.25, -0.2) is 4.79 Å². The molecular formula is C12H15BrO3. The minimum atomic E-state index is -1.22. The molecule has 0 aromatic heterocycles. The summed E-state index contributed by atoms with van der Waals surface area (Å²) >= 11 is 3.42. The molecule has 0 saturated heterocycles. The normalized spacial score (nSPS) is 12.6. The second-order valence-corrected chi connectivity index (χ2v) is 4.72. The van der Waals surface area contributed by atoms with Crippen molar-refractivity contribution in [3.8, 4) is 0 Å². The number of rotatable bonds is 3. The molecule has 0 amide bonds. The zero-order valence-electron chi connectivity index (χ0n) is 9.53. The first kappa shape index (κ1) is 13.2. The molecule has 16 heavy (non-hydrogen) atoms. The topological polar surface area (TPSA) is 46.5 Å². The van der Waals surface area contributed by atoms with E-state index >= 15 is 0 Å². The van der Waals surface area contributed by atoms with Crippen LogP contribution in [0.2, 0.25) is 0 Å². The van der Waals surface area contributed by atoms with Crippen LogP contribution in [0.5, 0.6) is 0 Å². The Kier molecular flexibility index (Phi) is 4.50. The number of aliphatic hydroxyl groups excluding tert-OH is 1. The predicted octanol–water partition coefficient (Wildman–Crippen LogP) is 2.78. The largest absolute Gasteiger partial charge is 0.467 e. The third-order valence-corrected chi connectivity index (χ3v) is 3.07. The Morgan fingerprint density at radius 2 is 2.06 bits per heavy atom. The first-order valence-corrected chi connectivity index (χ1v) is 5.82. The Morgan fingerprint density at radius 3 is 2.50 bits per heavy atom. The lowest BCUT2D eigenvalue weighted by Gasteiger charge is -2.13. The van der Waals surface area contributed by atoms with Crippen molar-refractivity contribution in [1.82, 2.24) is 0 Å². The predicted molar refractivity (Wildman–Crippen MR) is 65.2 cm³/mol. The SMILES string of the molecule is COC(=O)C(O)c1ccc(C(C)C)c(Br)c1. The Labute approximate surface area is 104 Å². The van der Waals surface area contributed by atoms with Gasteiger partial charge in [0.2, 0.25) is 0 Å². The Morgan fingerprint density at radius 1 is 1.44 bits per heavy atom. The number of ether oxygens (including phenoxy) is 1. The maximum absolute atomic E-state index is 11.2. The lowest BCUT2D eigenvalue weighted by atomic mass is 10.00. The molecule has 1 atom stereocenters. The number of carbonyl (C=O) groups is 1. The molecule has 1 aromatic rings. The number of carbonyl (C=O) groups excluding carboxylic acids is 1. The fraction of sp³-hybridized carbons (Fsp3) is 0.417. The number of aliphatic hydroxyl groups is 1. The van der Waals surface area contributed by atoms with Gasteiger partial charge in [-0.1, -0.05) is 41.9 Å². The van der Waals surface area contributed by atoms with Gasteiger partial charge in [0.15, 0.2) is 6.10 Å². The second-order valence-electron chi connectivity index (χ2n) is 3.86. The van der Waals surface area contributed by atoms with E-state index in [2.05, 4.69) is 34.5 Å². The van der Waals surface area contributed by atoms with Crippen molar-refractivity contribution in [1.29, 1.82) is 0 Å². The minimum Gasteiger partial charge on any atom is -0.467 e. The molecule has 0 aliphatic heterocycles. The fourth-order valence-corrected chi connectivity index (χ4v) is 2.28. The molecule has 1 aromatic carbocycles. The van der Waals surface area contributed by atoms with E-state index in [1.807, 2.05) is 6.07 Å². The highest BCUT2D eigenvalue weighted by Gasteiger charge is 2.18. The van der Waals surface area contributed by atoms with Crippen LogP contribution >= 0.6 is 15.9 Å². The van der Waals surface area contributed by atoms with Gasteiger partial charge in [-0.05, 0) is 23.1 Å². The molecule has 0 saturated carbocycles. The van der Waals surface area contributed by atoms with Crippen LogP contribution in [-0.4, -0.2) is 18.2 Å². The molecular weight excluding hydrogens is 272 g/mol. The Balaban J connectivity index is 3.01. The van der Waals surface area contributed by atoms with E-state index in [4.69, 9.17) is 0 Å². The third-order valence-electron chi connectivity index (χ3n) is 2.39. The minimum absolute atomic E-state index is 0.388. The lowest BCUT2D eigenvalue weighted by Crippen LogP contribution is -2.13. The Hall–Kier alpha value is -0.870. The zero-order valence-corrected chi connectivity index (χ0v) is 11.1. The molecule has 1 rings (SSSR count). The van der Waals surface area contributed by atoms with Gasteiger partial charge in [0.1, 0.15) is 0 Å². The summed E-state index contributed by atoms with van der Waals surface area (Å²) in [5.74, 6) is -0.261. The van der Waals surface area contributed by atoms with Crippen molar-refractivity contribution in [2.75, 3.05) is 7.11 Å². The van der Waals surface area contributed by atoms with E-state index in [0.29, 0.717) is 11.5 Å². The van der Waals surface area contributed by atoms with Crippen LogP contribution in [0.3, 0.4) is 0 Å². The molecule has 0 bridgehead atoms. The average Bonchev–Trinajstić information content (AvgIpc) is 2.26. The summed E-state index contributed by atoms with van der Waals surface area (Å²) in [6.45, 7) is 4.16. The van der Waals surface area contributed by atoms with E-state index in [0.717, 1.165) is 10.0 Å². The summed E-state index contributed by atoms with van der Waals surface area (Å²) in [5.41, 5.74) is 1.67. The van der Waals surface area contributed by atoms with Gasteiger partial charge in [-0.15, -0.1) is 0 Å². The first-order valence-electron chi connectivity index (χ1n) is 5.02. The van der Waals surface area contributed by atoms with Gasteiger partial charge in [0.25, 0.3) is 0 Å². The summed E-state index contributed by atoms with van der Waals surface area (Å²) in [6, 6.07) is 5.38. The van der Waals surface area contributed by atoms with Crippen LogP contribution in [0.1, 0.15) is 37.0 Å². The molecule has 3 nitrogen and oxygen atoms in total. The number of halogens is 1. The first-order chi connectivity index (χ1) is 7.47. The van der Waals surface area contributed by atoms with Gasteiger partial charge in [-0.2, -0.15) is 0 Å². The summed E-state index contributed by atoms with van der Waals surface area (Å²) in [5, 5.41) is 9.65. The molecule has 0 aliphatic carbocycles. The van der Waals surface area contributed by atoms with E-state index in [9.17, 15) is 9.90 Å². The van der Waals surface area contributed by atoms with Crippen LogP contribution in [0.25, 0.3) is 0 Å². The van der Waals surface area contributed by atoms with Gasteiger partial charge in [0, 0.05) is 4.47 Å². The summed E-state index contributed by atoms with van der Waals surface area (Å²) in [7, 11) is 1.25. The summed E-state index contributed by atoms with van der Waals surface area (Å²) in [4.78, 5) is 11.2. The van der Waals surface area contributed by atoms with Crippen molar-refractivity contribution >= 4 is 21.9 Å². The average molecular weight is 287 g/mol. The highest BCUT2D eigenvalue weighted by molar-refractivity contribution is 9.10. The van der Waals surface area contributed by atoms with E-state index < -0.39 is 12.1 Å². The van der Waals surface area contributed by atoms with E-state index in [1.54, 1.807) is 12.1 Å². The highest BCUT2D eigenvalue weighted by Crippen LogP contribution is 2.28. The molecule has 0 aliphatic rings. The smallest absolute Gasteiger partial charge is 0.339 e. The molecule has 0 spiro atoms. The van der Waals surface area contributed by atoms with E-state index in [1.165, 1.54) is 7.11 Å². The standard InChI is InChI=1S/C12H15BrO3/c1-7(2)9-5-4-8(6-10(9)13)11(14)12(15)16-3/h4-7,11,14H,1-3H3. The Bertz CT molecular complexity index is 388.